The fourth-order valence-electron chi connectivity index (χ4n) is 0.218. The van der Waals surface area contributed by atoms with Crippen molar-refractivity contribution in [3.63, 3.8) is 0 Å². The molecule has 0 atom stereocenters. The largest absolute Gasteiger partial charge is 0.288 e. The minimum atomic E-state index is -0.0827. The Labute approximate surface area is 53.5 Å². The molecule has 7 heavy (non-hydrogen) atoms. The van der Waals surface area contributed by atoms with Crippen molar-refractivity contribution in [2.75, 3.05) is 5.88 Å². The lowest BCUT2D eigenvalue weighted by molar-refractivity contribution is -0.110. The van der Waals surface area contributed by atoms with Crippen LogP contribution in [-0.2, 0) is 4.79 Å². The Kier molecular flexibility index (Phi) is 4.67. The van der Waals surface area contributed by atoms with E-state index in [1.165, 1.54) is 0 Å². The summed E-state index contributed by atoms with van der Waals surface area (Å²) < 4.78 is 0. The first-order chi connectivity index (χ1) is 3.27. The zero-order valence-electron chi connectivity index (χ0n) is 3.85. The van der Waals surface area contributed by atoms with E-state index in [0.29, 0.717) is 12.3 Å². The molecule has 0 aromatic carbocycles. The first-order valence-corrected chi connectivity index (χ1v) is 3.03. The summed E-state index contributed by atoms with van der Waals surface area (Å²) in [6.07, 6.45) is 1.23. The average Bonchev–Trinajstić information content (AvgIpc) is 1.61. The van der Waals surface area contributed by atoms with Crippen molar-refractivity contribution in [2.24, 2.45) is 0 Å². The van der Waals surface area contributed by atoms with Crippen molar-refractivity contribution < 1.29 is 4.79 Å². The topological polar surface area (TPSA) is 17.1 Å². The molecule has 0 aliphatic carbocycles. The van der Waals surface area contributed by atoms with Crippen molar-refractivity contribution in [3.8, 4) is 0 Å². The van der Waals surface area contributed by atoms with E-state index in [-0.39, 0.29) is 5.12 Å². The number of rotatable bonds is 3. The number of carbonyl (C=O) groups is 1. The van der Waals surface area contributed by atoms with Crippen molar-refractivity contribution in [1.29, 1.82) is 0 Å². The van der Waals surface area contributed by atoms with Gasteiger partial charge in [-0.1, -0.05) is 0 Å². The molecular formula is C4H7ClOS. The third-order valence-electron chi connectivity index (χ3n) is 0.524. The van der Waals surface area contributed by atoms with E-state index >= 15 is 0 Å². The molecular weight excluding hydrogens is 132 g/mol. The highest BCUT2D eigenvalue weighted by molar-refractivity contribution is 7.96. The van der Waals surface area contributed by atoms with Crippen LogP contribution < -0.4 is 0 Å². The van der Waals surface area contributed by atoms with Crippen LogP contribution in [0.15, 0.2) is 0 Å². The van der Waals surface area contributed by atoms with Gasteiger partial charge in [-0.25, -0.2) is 0 Å². The standard InChI is InChI=1S/C4H7ClOS/c5-3-1-2-4(6)7/h1-3H2,(H,6,7). The minimum Gasteiger partial charge on any atom is -0.288 e. The highest BCUT2D eigenvalue weighted by atomic mass is 35.5. The van der Waals surface area contributed by atoms with Crippen LogP contribution in [0.4, 0.5) is 0 Å². The van der Waals surface area contributed by atoms with Crippen molar-refractivity contribution >= 4 is 29.3 Å². The maximum absolute atomic E-state index is 10.0. The molecule has 0 spiro atoms. The van der Waals surface area contributed by atoms with Gasteiger partial charge in [-0.05, 0) is 6.42 Å². The van der Waals surface area contributed by atoms with Crippen molar-refractivity contribution in [2.45, 2.75) is 12.8 Å². The van der Waals surface area contributed by atoms with Gasteiger partial charge in [0.05, 0.1) is 0 Å². The zero-order valence-corrected chi connectivity index (χ0v) is 5.51. The fourth-order valence-corrected chi connectivity index (χ4v) is 0.510. The van der Waals surface area contributed by atoms with E-state index in [9.17, 15) is 4.79 Å². The molecule has 0 radical (unpaired) electrons. The molecule has 0 aromatic heterocycles. The van der Waals surface area contributed by atoms with Gasteiger partial charge in [0.1, 0.15) is 0 Å². The first-order valence-electron chi connectivity index (χ1n) is 2.05. The molecule has 1 nitrogen and oxygen atoms in total. The molecule has 0 bridgehead atoms. The van der Waals surface area contributed by atoms with E-state index in [2.05, 4.69) is 12.6 Å². The van der Waals surface area contributed by atoms with Gasteiger partial charge in [-0.15, -0.1) is 24.2 Å². The average molecular weight is 139 g/mol. The van der Waals surface area contributed by atoms with Gasteiger partial charge in [-0.2, -0.15) is 0 Å². The first kappa shape index (κ1) is 7.31. The number of hydrogen-bond donors (Lipinski definition) is 1. The maximum Gasteiger partial charge on any atom is 0.185 e. The van der Waals surface area contributed by atoms with Gasteiger partial charge in [0.2, 0.25) is 0 Å². The van der Waals surface area contributed by atoms with Crippen LogP contribution in [0.5, 0.6) is 0 Å². The van der Waals surface area contributed by atoms with Gasteiger partial charge >= 0.3 is 0 Å². The van der Waals surface area contributed by atoms with Crippen LogP contribution in [0.3, 0.4) is 0 Å². The minimum absolute atomic E-state index is 0.0827. The monoisotopic (exact) mass is 138 g/mol. The van der Waals surface area contributed by atoms with Crippen LogP contribution >= 0.6 is 24.2 Å². The predicted molar refractivity (Wildman–Crippen MR) is 33.9 cm³/mol. The summed E-state index contributed by atoms with van der Waals surface area (Å²) in [7, 11) is 0. The molecule has 0 rings (SSSR count). The van der Waals surface area contributed by atoms with Gasteiger partial charge in [-0.3, -0.25) is 4.79 Å². The Morgan fingerprint density at radius 3 is 2.43 bits per heavy atom. The zero-order chi connectivity index (χ0) is 5.70. The highest BCUT2D eigenvalue weighted by Crippen LogP contribution is 1.94. The summed E-state index contributed by atoms with van der Waals surface area (Å²) in [5.41, 5.74) is 0. The molecule has 0 fully saturated rings. The van der Waals surface area contributed by atoms with Crippen LogP contribution in [-0.4, -0.2) is 11.0 Å². The normalized spacial score (nSPS) is 8.86. The molecule has 0 unspecified atom stereocenters. The van der Waals surface area contributed by atoms with E-state index in [4.69, 9.17) is 11.6 Å². The molecule has 0 saturated heterocycles. The molecule has 0 heterocycles. The molecule has 0 N–H and O–H groups in total. The van der Waals surface area contributed by atoms with Crippen molar-refractivity contribution in [3.05, 3.63) is 0 Å². The Bertz CT molecular complexity index is 64.7. The summed E-state index contributed by atoms with van der Waals surface area (Å²) >= 11 is 8.79. The van der Waals surface area contributed by atoms with E-state index in [0.717, 1.165) is 6.42 Å². The van der Waals surface area contributed by atoms with Gasteiger partial charge in [0, 0.05) is 12.3 Å². The molecule has 0 aliphatic heterocycles. The molecule has 0 amide bonds. The van der Waals surface area contributed by atoms with E-state index in [1.54, 1.807) is 0 Å². The SMILES string of the molecule is O=C(S)CCCCl. The smallest absolute Gasteiger partial charge is 0.185 e. The number of thiol groups is 1. The third kappa shape index (κ3) is 6.31. The summed E-state index contributed by atoms with van der Waals surface area (Å²) in [5.74, 6) is 0.548. The number of hydrogen-bond acceptors (Lipinski definition) is 1. The van der Waals surface area contributed by atoms with Gasteiger partial charge in [0.15, 0.2) is 5.12 Å². The molecule has 0 aromatic rings. The van der Waals surface area contributed by atoms with Gasteiger partial charge in [0.25, 0.3) is 0 Å². The highest BCUT2D eigenvalue weighted by Gasteiger charge is 1.89. The number of carbonyl (C=O) groups excluding carboxylic acids is 1. The fraction of sp³-hybridized carbons (Fsp3) is 0.750. The van der Waals surface area contributed by atoms with E-state index < -0.39 is 0 Å². The second-order valence-electron chi connectivity index (χ2n) is 1.19. The van der Waals surface area contributed by atoms with Crippen LogP contribution in [0.25, 0.3) is 0 Å². The van der Waals surface area contributed by atoms with Gasteiger partial charge < -0.3 is 0 Å². The van der Waals surface area contributed by atoms with Crippen LogP contribution in [0.1, 0.15) is 12.8 Å². The molecule has 0 aliphatic rings. The lowest BCUT2D eigenvalue weighted by atomic mass is 10.4. The quantitative estimate of drug-likeness (QED) is 0.462. The Balaban J connectivity index is 2.82. The van der Waals surface area contributed by atoms with Crippen LogP contribution in [0, 0.1) is 0 Å². The van der Waals surface area contributed by atoms with Crippen LogP contribution in [0.2, 0.25) is 0 Å². The number of halogens is 1. The summed E-state index contributed by atoms with van der Waals surface area (Å²) in [5, 5.41) is -0.0827. The second-order valence-corrected chi connectivity index (χ2v) is 2.06. The third-order valence-corrected chi connectivity index (χ3v) is 1.02. The van der Waals surface area contributed by atoms with Crippen molar-refractivity contribution in [1.82, 2.24) is 0 Å². The number of alkyl halides is 1. The predicted octanol–water partition coefficient (Wildman–Crippen LogP) is 1.46. The Hall–Kier alpha value is 0.310. The lowest BCUT2D eigenvalue weighted by Crippen LogP contribution is -1.84. The van der Waals surface area contributed by atoms with E-state index in [1.807, 2.05) is 0 Å². The molecule has 3 heteroatoms. The maximum atomic E-state index is 10.0. The molecule has 42 valence electrons. The Morgan fingerprint density at radius 2 is 2.29 bits per heavy atom. The Morgan fingerprint density at radius 1 is 1.71 bits per heavy atom. The lowest BCUT2D eigenvalue weighted by Gasteiger charge is -1.84. The summed E-state index contributed by atoms with van der Waals surface area (Å²) in [6, 6.07) is 0. The summed E-state index contributed by atoms with van der Waals surface area (Å²) in [6.45, 7) is 0. The second kappa shape index (κ2) is 4.47. The molecule has 0 saturated carbocycles. The summed E-state index contributed by atoms with van der Waals surface area (Å²) in [4.78, 5) is 10.0.